The predicted molar refractivity (Wildman–Crippen MR) is 104 cm³/mol. The molecule has 10 heteroatoms. The number of amides is 1. The van der Waals surface area contributed by atoms with E-state index in [0.717, 1.165) is 19.1 Å². The number of benzene rings is 1. The average Bonchev–Trinajstić information content (AvgIpc) is 2.60. The molecular weight excluding hydrogens is 370 g/mol. The molecule has 146 valence electrons. The average molecular weight is 393 g/mol. The van der Waals surface area contributed by atoms with Gasteiger partial charge in [-0.15, -0.1) is 0 Å². The number of carbonyl (C=O) groups excluding carboxylic acids is 1. The first-order valence-corrected chi connectivity index (χ1v) is 10.2. The van der Waals surface area contributed by atoms with Crippen molar-refractivity contribution in [1.82, 2.24) is 9.97 Å². The van der Waals surface area contributed by atoms with Crippen molar-refractivity contribution in [1.29, 1.82) is 0 Å². The number of primary amides is 1. The first kappa shape index (κ1) is 20.4. The first-order valence-electron chi connectivity index (χ1n) is 8.41. The van der Waals surface area contributed by atoms with Crippen molar-refractivity contribution >= 4 is 33.5 Å². The number of anilines is 3. The van der Waals surface area contributed by atoms with Crippen molar-refractivity contribution < 1.29 is 17.4 Å². The Hall–Kier alpha value is -2.88. The lowest BCUT2D eigenvalue weighted by Crippen LogP contribution is -2.23. The van der Waals surface area contributed by atoms with Gasteiger partial charge in [0.25, 0.3) is 5.91 Å². The van der Waals surface area contributed by atoms with Crippen LogP contribution in [0.5, 0.6) is 5.75 Å². The Balaban J connectivity index is 2.22. The van der Waals surface area contributed by atoms with E-state index in [0.29, 0.717) is 11.5 Å². The van der Waals surface area contributed by atoms with Crippen LogP contribution in [0, 0.1) is 0 Å². The maximum atomic E-state index is 11.6. The molecule has 0 saturated heterocycles. The molecule has 1 amide bonds. The van der Waals surface area contributed by atoms with Gasteiger partial charge in [-0.3, -0.25) is 4.79 Å². The van der Waals surface area contributed by atoms with Crippen LogP contribution in [-0.4, -0.2) is 36.6 Å². The highest BCUT2D eigenvalue weighted by molar-refractivity contribution is 7.86. The first-order chi connectivity index (χ1) is 12.7. The third kappa shape index (κ3) is 6.10. The lowest BCUT2D eigenvalue weighted by molar-refractivity contribution is 0.100. The second kappa shape index (κ2) is 8.67. The molecule has 0 aliphatic rings. The molecular formula is C17H23N5O4S. The molecule has 0 aliphatic carbocycles. The van der Waals surface area contributed by atoms with Gasteiger partial charge in [0.15, 0.2) is 0 Å². The maximum Gasteiger partial charge on any atom is 0.306 e. The van der Waals surface area contributed by atoms with E-state index in [-0.39, 0.29) is 23.3 Å². The van der Waals surface area contributed by atoms with Crippen molar-refractivity contribution in [3.63, 3.8) is 0 Å². The van der Waals surface area contributed by atoms with Crippen molar-refractivity contribution in [2.45, 2.75) is 32.7 Å². The van der Waals surface area contributed by atoms with Gasteiger partial charge in [0, 0.05) is 17.9 Å². The molecule has 2 rings (SSSR count). The fraction of sp³-hybridized carbons (Fsp3) is 0.353. The van der Waals surface area contributed by atoms with Crippen molar-refractivity contribution in [3.05, 3.63) is 36.0 Å². The number of nitrogens with zero attached hydrogens (tertiary/aromatic N) is 2. The van der Waals surface area contributed by atoms with Crippen LogP contribution in [-0.2, 0) is 10.1 Å². The zero-order chi connectivity index (χ0) is 20.0. The molecule has 0 saturated carbocycles. The maximum absolute atomic E-state index is 11.6. The van der Waals surface area contributed by atoms with Gasteiger partial charge in [0.05, 0.1) is 11.8 Å². The Morgan fingerprint density at radius 3 is 2.37 bits per heavy atom. The van der Waals surface area contributed by atoms with Crippen molar-refractivity contribution in [2.24, 2.45) is 5.73 Å². The molecule has 1 heterocycles. The number of nitrogens with one attached hydrogen (secondary N) is 2. The van der Waals surface area contributed by atoms with E-state index in [1.54, 1.807) is 12.1 Å². The van der Waals surface area contributed by atoms with Crippen LogP contribution < -0.4 is 20.6 Å². The van der Waals surface area contributed by atoms with Crippen LogP contribution in [0.25, 0.3) is 0 Å². The van der Waals surface area contributed by atoms with E-state index in [2.05, 4.69) is 20.6 Å². The SMILES string of the molecule is CCC(CC)Nc1nc(Nc2ccc(OS(C)(=O)=O)cc2)ncc1C(N)=O. The van der Waals surface area contributed by atoms with E-state index in [9.17, 15) is 13.2 Å². The predicted octanol–water partition coefficient (Wildman–Crippen LogP) is 2.26. The third-order valence-corrected chi connectivity index (χ3v) is 4.23. The summed E-state index contributed by atoms with van der Waals surface area (Å²) >= 11 is 0. The Labute approximate surface area is 158 Å². The van der Waals surface area contributed by atoms with Gasteiger partial charge in [0.2, 0.25) is 5.95 Å². The van der Waals surface area contributed by atoms with Crippen LogP contribution in [0.3, 0.4) is 0 Å². The fourth-order valence-corrected chi connectivity index (χ4v) is 2.78. The van der Waals surface area contributed by atoms with Crippen LogP contribution in [0.2, 0.25) is 0 Å². The summed E-state index contributed by atoms with van der Waals surface area (Å²) in [6, 6.07) is 6.41. The van der Waals surface area contributed by atoms with Crippen LogP contribution >= 0.6 is 0 Å². The fourth-order valence-electron chi connectivity index (χ4n) is 2.32. The largest absolute Gasteiger partial charge is 0.383 e. The summed E-state index contributed by atoms with van der Waals surface area (Å²) in [5, 5.41) is 6.20. The summed E-state index contributed by atoms with van der Waals surface area (Å²) in [7, 11) is -3.58. The molecule has 2 aromatic rings. The Bertz CT molecular complexity index is 896. The number of nitrogens with two attached hydrogens (primary N) is 1. The quantitative estimate of drug-likeness (QED) is 0.552. The standard InChI is InChI=1S/C17H23N5O4S/c1-4-11(5-2)20-16-14(15(18)23)10-19-17(22-16)21-12-6-8-13(9-7-12)26-27(3,24)25/h6-11H,4-5H2,1-3H3,(H2,18,23)(H2,19,20,21,22). The molecule has 0 unspecified atom stereocenters. The third-order valence-electron chi connectivity index (χ3n) is 3.74. The molecule has 1 aromatic heterocycles. The smallest absolute Gasteiger partial charge is 0.306 e. The van der Waals surface area contributed by atoms with E-state index in [4.69, 9.17) is 9.92 Å². The monoisotopic (exact) mass is 393 g/mol. The second-order valence-electron chi connectivity index (χ2n) is 5.91. The highest BCUT2D eigenvalue weighted by Crippen LogP contribution is 2.21. The van der Waals surface area contributed by atoms with Gasteiger partial charge < -0.3 is 20.6 Å². The molecule has 9 nitrogen and oxygen atoms in total. The summed E-state index contributed by atoms with van der Waals surface area (Å²) in [4.78, 5) is 20.1. The van der Waals surface area contributed by atoms with Crippen LogP contribution in [0.15, 0.2) is 30.5 Å². The van der Waals surface area contributed by atoms with Gasteiger partial charge in [-0.05, 0) is 37.1 Å². The van der Waals surface area contributed by atoms with Gasteiger partial charge >= 0.3 is 10.1 Å². The van der Waals surface area contributed by atoms with Crippen molar-refractivity contribution in [2.75, 3.05) is 16.9 Å². The Morgan fingerprint density at radius 1 is 1.22 bits per heavy atom. The summed E-state index contributed by atoms with van der Waals surface area (Å²) in [5.74, 6) is 0.220. The van der Waals surface area contributed by atoms with Gasteiger partial charge in [-0.2, -0.15) is 13.4 Å². The van der Waals surface area contributed by atoms with E-state index in [1.807, 2.05) is 13.8 Å². The molecule has 0 atom stereocenters. The lowest BCUT2D eigenvalue weighted by atomic mass is 10.1. The van der Waals surface area contributed by atoms with Crippen LogP contribution in [0.4, 0.5) is 17.5 Å². The normalized spacial score (nSPS) is 11.3. The zero-order valence-electron chi connectivity index (χ0n) is 15.4. The summed E-state index contributed by atoms with van der Waals surface area (Å²) in [6.45, 7) is 4.07. The minimum Gasteiger partial charge on any atom is -0.383 e. The Kier molecular flexibility index (Phi) is 6.56. The van der Waals surface area contributed by atoms with E-state index >= 15 is 0 Å². The summed E-state index contributed by atoms with van der Waals surface area (Å²) in [5.41, 5.74) is 6.23. The topological polar surface area (TPSA) is 136 Å². The number of carbonyl (C=O) groups is 1. The molecule has 0 radical (unpaired) electrons. The van der Waals surface area contributed by atoms with E-state index < -0.39 is 16.0 Å². The van der Waals surface area contributed by atoms with Crippen LogP contribution in [0.1, 0.15) is 37.0 Å². The summed E-state index contributed by atoms with van der Waals surface area (Å²) in [6.07, 6.45) is 4.07. The molecule has 27 heavy (non-hydrogen) atoms. The minimum absolute atomic E-state index is 0.151. The molecule has 0 spiro atoms. The molecule has 0 bridgehead atoms. The highest BCUT2D eigenvalue weighted by atomic mass is 32.2. The minimum atomic E-state index is -3.58. The molecule has 0 aliphatic heterocycles. The number of hydrogen-bond donors (Lipinski definition) is 3. The number of rotatable bonds is 9. The Morgan fingerprint density at radius 2 is 1.85 bits per heavy atom. The van der Waals surface area contributed by atoms with Gasteiger partial charge in [-0.1, -0.05) is 13.8 Å². The summed E-state index contributed by atoms with van der Waals surface area (Å²) < 4.78 is 27.1. The molecule has 1 aromatic carbocycles. The van der Waals surface area contributed by atoms with Gasteiger partial charge in [0.1, 0.15) is 11.6 Å². The lowest BCUT2D eigenvalue weighted by Gasteiger charge is -2.17. The number of aromatic nitrogens is 2. The molecule has 4 N–H and O–H groups in total. The van der Waals surface area contributed by atoms with Gasteiger partial charge in [-0.25, -0.2) is 4.98 Å². The number of hydrogen-bond acceptors (Lipinski definition) is 8. The van der Waals surface area contributed by atoms with Crippen molar-refractivity contribution in [3.8, 4) is 5.75 Å². The van der Waals surface area contributed by atoms with E-state index in [1.165, 1.54) is 18.3 Å². The zero-order valence-corrected chi connectivity index (χ0v) is 16.2. The second-order valence-corrected chi connectivity index (χ2v) is 7.49. The highest BCUT2D eigenvalue weighted by Gasteiger charge is 2.15. The molecule has 0 fully saturated rings.